The molecule has 24 heavy (non-hydrogen) atoms. The van der Waals surface area contributed by atoms with E-state index in [2.05, 4.69) is 9.98 Å². The normalized spacial score (nSPS) is 22.1. The van der Waals surface area contributed by atoms with E-state index >= 15 is 0 Å². The van der Waals surface area contributed by atoms with Crippen LogP contribution in [0.5, 0.6) is 11.5 Å². The predicted octanol–water partition coefficient (Wildman–Crippen LogP) is 2.22. The van der Waals surface area contributed by atoms with Gasteiger partial charge < -0.3 is 20.9 Å². The van der Waals surface area contributed by atoms with Gasteiger partial charge in [0.2, 0.25) is 11.9 Å². The molecular formula is C16H20ClN5O2. The van der Waals surface area contributed by atoms with Crippen LogP contribution in [0, 0.1) is 0 Å². The van der Waals surface area contributed by atoms with E-state index in [9.17, 15) is 0 Å². The Morgan fingerprint density at radius 1 is 1.04 bits per heavy atom. The van der Waals surface area contributed by atoms with Gasteiger partial charge in [-0.3, -0.25) is 4.90 Å². The molecule has 2 aliphatic heterocycles. The summed E-state index contributed by atoms with van der Waals surface area (Å²) in [5.74, 6) is 1.83. The summed E-state index contributed by atoms with van der Waals surface area (Å²) in [4.78, 5) is 10.7. The number of halogens is 1. The molecule has 1 spiro atoms. The Bertz CT molecular complexity index is 727. The smallest absolute Gasteiger partial charge is 0.220 e. The fourth-order valence-corrected chi connectivity index (χ4v) is 3.93. The molecule has 4 N–H and O–H groups in total. The third-order valence-electron chi connectivity index (χ3n) is 4.70. The minimum absolute atomic E-state index is 0.222. The fourth-order valence-electron chi connectivity index (χ4n) is 3.69. The van der Waals surface area contributed by atoms with Crippen LogP contribution >= 0.6 is 11.6 Å². The minimum Gasteiger partial charge on any atom is -0.486 e. The topological polar surface area (TPSA) is 98.5 Å². The van der Waals surface area contributed by atoms with Crippen molar-refractivity contribution in [3.8, 4) is 11.5 Å². The monoisotopic (exact) mass is 349 g/mol. The van der Waals surface area contributed by atoms with E-state index in [1.54, 1.807) is 6.07 Å². The number of aliphatic imine (C=N–C) groups is 2. The number of guanidine groups is 2. The Morgan fingerprint density at radius 2 is 1.71 bits per heavy atom. The van der Waals surface area contributed by atoms with Crippen molar-refractivity contribution < 1.29 is 9.47 Å². The number of nitrogens with two attached hydrogens (primary N) is 2. The van der Waals surface area contributed by atoms with Gasteiger partial charge in [0.05, 0.1) is 10.7 Å². The third-order valence-corrected chi connectivity index (χ3v) is 5.01. The zero-order valence-corrected chi connectivity index (χ0v) is 14.1. The van der Waals surface area contributed by atoms with Crippen LogP contribution in [0.4, 0.5) is 5.69 Å². The first-order chi connectivity index (χ1) is 11.6. The Kier molecular flexibility index (Phi) is 3.68. The molecule has 1 aromatic rings. The molecule has 4 rings (SSSR count). The standard InChI is InChI=1S/C16H20ClN5O2/c17-10-8-12-13(24-7-6-23-12)9-11(10)22-15(19)20-14(18)21-16(22)4-2-1-3-5-16/h8-9H,1-7H2,(H4,18,19,20,21). The molecule has 0 amide bonds. The number of anilines is 1. The van der Waals surface area contributed by atoms with Crippen molar-refractivity contribution >= 4 is 29.2 Å². The van der Waals surface area contributed by atoms with Crippen LogP contribution in [0.1, 0.15) is 32.1 Å². The highest BCUT2D eigenvalue weighted by atomic mass is 35.5. The van der Waals surface area contributed by atoms with E-state index in [0.29, 0.717) is 35.7 Å². The van der Waals surface area contributed by atoms with E-state index in [1.165, 1.54) is 6.42 Å². The van der Waals surface area contributed by atoms with Crippen LogP contribution in [-0.2, 0) is 0 Å². The van der Waals surface area contributed by atoms with E-state index in [0.717, 1.165) is 31.4 Å². The highest BCUT2D eigenvalue weighted by Crippen LogP contribution is 2.45. The minimum atomic E-state index is -0.526. The molecule has 1 aromatic carbocycles. The molecule has 0 saturated heterocycles. The highest BCUT2D eigenvalue weighted by Gasteiger charge is 2.43. The van der Waals surface area contributed by atoms with E-state index in [-0.39, 0.29) is 5.96 Å². The number of fused-ring (bicyclic) bond motifs is 1. The van der Waals surface area contributed by atoms with Crippen molar-refractivity contribution in [1.82, 2.24) is 0 Å². The molecule has 1 saturated carbocycles. The summed E-state index contributed by atoms with van der Waals surface area (Å²) in [7, 11) is 0. The van der Waals surface area contributed by atoms with E-state index in [4.69, 9.17) is 32.5 Å². The second-order valence-electron chi connectivity index (χ2n) is 6.27. The number of rotatable bonds is 1. The SMILES string of the molecule is NC1=NC2(CCCCC2)N(c2cc3c(cc2Cl)OCCO3)C(N)=N1. The summed E-state index contributed by atoms with van der Waals surface area (Å²) < 4.78 is 11.3. The Labute approximate surface area is 145 Å². The van der Waals surface area contributed by atoms with Crippen molar-refractivity contribution in [2.75, 3.05) is 18.1 Å². The lowest BCUT2D eigenvalue weighted by molar-refractivity contribution is 0.171. The average Bonchev–Trinajstić information content (AvgIpc) is 2.55. The number of benzene rings is 1. The van der Waals surface area contributed by atoms with Crippen LogP contribution < -0.4 is 25.8 Å². The summed E-state index contributed by atoms with van der Waals surface area (Å²) in [6.45, 7) is 1.02. The quantitative estimate of drug-likeness (QED) is 0.810. The second-order valence-corrected chi connectivity index (χ2v) is 6.67. The molecule has 3 aliphatic rings. The summed E-state index contributed by atoms with van der Waals surface area (Å²) in [5, 5.41) is 0.526. The van der Waals surface area contributed by atoms with Crippen LogP contribution in [0.2, 0.25) is 5.02 Å². The molecule has 0 bridgehead atoms. The fraction of sp³-hybridized carbons (Fsp3) is 0.500. The van der Waals surface area contributed by atoms with E-state index < -0.39 is 5.66 Å². The molecule has 0 unspecified atom stereocenters. The van der Waals surface area contributed by atoms with Gasteiger partial charge in [-0.2, -0.15) is 4.99 Å². The molecule has 1 fully saturated rings. The van der Waals surface area contributed by atoms with Crippen LogP contribution in [0.15, 0.2) is 22.1 Å². The second kappa shape index (κ2) is 5.73. The lowest BCUT2D eigenvalue weighted by atomic mass is 9.87. The maximum Gasteiger partial charge on any atom is 0.220 e. The van der Waals surface area contributed by atoms with Crippen molar-refractivity contribution in [1.29, 1.82) is 0 Å². The number of ether oxygens (including phenoxy) is 2. The van der Waals surface area contributed by atoms with Gasteiger partial charge in [0, 0.05) is 12.1 Å². The van der Waals surface area contributed by atoms with Gasteiger partial charge in [0.1, 0.15) is 18.9 Å². The molecule has 8 heteroatoms. The first-order valence-corrected chi connectivity index (χ1v) is 8.56. The van der Waals surface area contributed by atoms with Crippen molar-refractivity contribution in [3.63, 3.8) is 0 Å². The first-order valence-electron chi connectivity index (χ1n) is 8.18. The molecule has 0 atom stereocenters. The van der Waals surface area contributed by atoms with Crippen LogP contribution in [0.3, 0.4) is 0 Å². The number of hydrogen-bond acceptors (Lipinski definition) is 7. The lowest BCUT2D eigenvalue weighted by Crippen LogP contribution is -2.58. The molecule has 2 heterocycles. The van der Waals surface area contributed by atoms with Gasteiger partial charge in [0.15, 0.2) is 11.5 Å². The summed E-state index contributed by atoms with van der Waals surface area (Å²) in [6.07, 6.45) is 5.01. The Balaban J connectivity index is 1.82. The van der Waals surface area contributed by atoms with Crippen molar-refractivity contribution in [3.05, 3.63) is 17.2 Å². The molecule has 128 valence electrons. The first kappa shape index (κ1) is 15.4. The van der Waals surface area contributed by atoms with Gasteiger partial charge in [-0.05, 0) is 25.7 Å². The average molecular weight is 350 g/mol. The zero-order valence-electron chi connectivity index (χ0n) is 13.3. The zero-order chi connectivity index (χ0) is 16.7. The summed E-state index contributed by atoms with van der Waals surface area (Å²) >= 11 is 6.53. The van der Waals surface area contributed by atoms with E-state index in [1.807, 2.05) is 11.0 Å². The molecular weight excluding hydrogens is 330 g/mol. The van der Waals surface area contributed by atoms with Gasteiger partial charge >= 0.3 is 0 Å². The Hall–Kier alpha value is -2.15. The molecule has 0 radical (unpaired) electrons. The number of hydrogen-bond donors (Lipinski definition) is 2. The summed E-state index contributed by atoms with van der Waals surface area (Å²) in [5.41, 5.74) is 12.3. The van der Waals surface area contributed by atoms with Crippen molar-refractivity contribution in [2.45, 2.75) is 37.8 Å². The Morgan fingerprint density at radius 3 is 2.42 bits per heavy atom. The van der Waals surface area contributed by atoms with Gasteiger partial charge in [0.25, 0.3) is 0 Å². The highest BCUT2D eigenvalue weighted by molar-refractivity contribution is 6.34. The summed E-state index contributed by atoms with van der Waals surface area (Å²) in [6, 6.07) is 3.61. The maximum absolute atomic E-state index is 6.53. The third kappa shape index (κ3) is 2.43. The number of nitrogens with zero attached hydrogens (tertiary/aromatic N) is 3. The lowest BCUT2D eigenvalue weighted by Gasteiger charge is -2.46. The predicted molar refractivity (Wildman–Crippen MR) is 94.0 cm³/mol. The van der Waals surface area contributed by atoms with Gasteiger partial charge in [-0.1, -0.05) is 18.0 Å². The van der Waals surface area contributed by atoms with Gasteiger partial charge in [-0.15, -0.1) is 0 Å². The van der Waals surface area contributed by atoms with Gasteiger partial charge in [-0.25, -0.2) is 4.99 Å². The maximum atomic E-state index is 6.53. The molecule has 1 aliphatic carbocycles. The van der Waals surface area contributed by atoms with Crippen LogP contribution in [0.25, 0.3) is 0 Å². The van der Waals surface area contributed by atoms with Crippen LogP contribution in [-0.4, -0.2) is 30.8 Å². The molecule has 7 nitrogen and oxygen atoms in total. The van der Waals surface area contributed by atoms with Crippen molar-refractivity contribution in [2.24, 2.45) is 21.5 Å². The molecule has 0 aromatic heterocycles. The largest absolute Gasteiger partial charge is 0.486 e.